The molecule has 1 amide bonds. The molecule has 0 aliphatic rings. The van der Waals surface area contributed by atoms with E-state index in [9.17, 15) is 4.79 Å². The van der Waals surface area contributed by atoms with E-state index in [4.69, 9.17) is 14.3 Å². The molecule has 0 saturated carbocycles. The van der Waals surface area contributed by atoms with Gasteiger partial charge in [0, 0.05) is 11.3 Å². The summed E-state index contributed by atoms with van der Waals surface area (Å²) in [7, 11) is 3.14. The molecule has 0 saturated heterocycles. The highest BCUT2D eigenvalue weighted by Gasteiger charge is 2.05. The molecule has 0 atom stereocenters. The second-order valence-corrected chi connectivity index (χ2v) is 5.95. The zero-order valence-corrected chi connectivity index (χ0v) is 15.5. The number of oxime groups is 1. The molecule has 6 nitrogen and oxygen atoms in total. The molecule has 6 heteroatoms. The summed E-state index contributed by atoms with van der Waals surface area (Å²) in [6.45, 7) is 4.07. The molecule has 2 aromatic carbocycles. The van der Waals surface area contributed by atoms with Gasteiger partial charge in [-0.2, -0.15) is 0 Å². The Morgan fingerprint density at radius 3 is 2.38 bits per heavy atom. The predicted octanol–water partition coefficient (Wildman–Crippen LogP) is 3.82. The van der Waals surface area contributed by atoms with Gasteiger partial charge in [0.1, 0.15) is 0 Å². The second kappa shape index (κ2) is 9.46. The Bertz CT molecular complexity index is 755. The lowest BCUT2D eigenvalue weighted by atomic mass is 10.0. The Balaban J connectivity index is 1.83. The molecule has 138 valence electrons. The van der Waals surface area contributed by atoms with Gasteiger partial charge in [0.25, 0.3) is 5.91 Å². The maximum atomic E-state index is 11.9. The van der Waals surface area contributed by atoms with Gasteiger partial charge in [0.05, 0.1) is 20.4 Å². The molecule has 0 aliphatic carbocycles. The molecule has 0 heterocycles. The summed E-state index contributed by atoms with van der Waals surface area (Å²) < 4.78 is 10.4. The van der Waals surface area contributed by atoms with Crippen LogP contribution in [0.5, 0.6) is 11.5 Å². The fourth-order valence-corrected chi connectivity index (χ4v) is 2.28. The van der Waals surface area contributed by atoms with Crippen LogP contribution in [-0.4, -0.2) is 32.9 Å². The fourth-order valence-electron chi connectivity index (χ4n) is 2.28. The Labute approximate surface area is 153 Å². The van der Waals surface area contributed by atoms with E-state index in [1.807, 2.05) is 30.3 Å². The van der Waals surface area contributed by atoms with E-state index < -0.39 is 0 Å². The van der Waals surface area contributed by atoms with Crippen molar-refractivity contribution in [1.82, 2.24) is 0 Å². The maximum absolute atomic E-state index is 11.9. The normalized spacial score (nSPS) is 10.8. The van der Waals surface area contributed by atoms with Crippen molar-refractivity contribution in [2.24, 2.45) is 5.16 Å². The number of carbonyl (C=O) groups excluding carboxylic acids is 1. The Morgan fingerprint density at radius 2 is 1.77 bits per heavy atom. The van der Waals surface area contributed by atoms with Crippen LogP contribution < -0.4 is 14.8 Å². The van der Waals surface area contributed by atoms with Gasteiger partial charge < -0.3 is 19.6 Å². The van der Waals surface area contributed by atoms with Gasteiger partial charge in [-0.25, -0.2) is 0 Å². The number of hydrogen-bond donors (Lipinski definition) is 1. The molecule has 0 radical (unpaired) electrons. The molecule has 0 aliphatic heterocycles. The number of methoxy groups -OCH3 is 2. The van der Waals surface area contributed by atoms with E-state index in [0.717, 1.165) is 11.3 Å². The quantitative estimate of drug-likeness (QED) is 0.577. The number of rotatable bonds is 8. The lowest BCUT2D eigenvalue weighted by molar-refractivity contribution is -0.120. The number of hydrogen-bond acceptors (Lipinski definition) is 5. The predicted molar refractivity (Wildman–Crippen MR) is 102 cm³/mol. The number of anilines is 1. The number of amides is 1. The van der Waals surface area contributed by atoms with Crippen LogP contribution in [-0.2, 0) is 9.63 Å². The average molecular weight is 356 g/mol. The van der Waals surface area contributed by atoms with Crippen LogP contribution in [0.15, 0.2) is 47.6 Å². The zero-order chi connectivity index (χ0) is 18.9. The monoisotopic (exact) mass is 356 g/mol. The van der Waals surface area contributed by atoms with Crippen LogP contribution in [0.25, 0.3) is 0 Å². The van der Waals surface area contributed by atoms with Gasteiger partial charge in [0.15, 0.2) is 18.1 Å². The molecule has 26 heavy (non-hydrogen) atoms. The summed E-state index contributed by atoms with van der Waals surface area (Å²) in [4.78, 5) is 16.9. The van der Waals surface area contributed by atoms with Gasteiger partial charge in [-0.3, -0.25) is 4.79 Å². The van der Waals surface area contributed by atoms with Crippen molar-refractivity contribution in [1.29, 1.82) is 0 Å². The largest absolute Gasteiger partial charge is 0.493 e. The summed E-state index contributed by atoms with van der Waals surface area (Å²) in [6, 6.07) is 13.1. The Kier molecular flexibility index (Phi) is 7.02. The highest BCUT2D eigenvalue weighted by atomic mass is 16.6. The highest BCUT2D eigenvalue weighted by Crippen LogP contribution is 2.26. The molecular formula is C20H24N2O4. The van der Waals surface area contributed by atoms with E-state index in [0.29, 0.717) is 17.4 Å². The van der Waals surface area contributed by atoms with Crippen molar-refractivity contribution in [2.75, 3.05) is 26.1 Å². The van der Waals surface area contributed by atoms with Crippen LogP contribution in [0, 0.1) is 0 Å². The van der Waals surface area contributed by atoms with Gasteiger partial charge in [-0.15, -0.1) is 0 Å². The van der Waals surface area contributed by atoms with E-state index >= 15 is 0 Å². The summed E-state index contributed by atoms with van der Waals surface area (Å²) in [6.07, 6.45) is 1.51. The lowest BCUT2D eigenvalue weighted by Gasteiger charge is -2.08. The van der Waals surface area contributed by atoms with Gasteiger partial charge in [0.2, 0.25) is 0 Å². The lowest BCUT2D eigenvalue weighted by Crippen LogP contribution is -2.16. The van der Waals surface area contributed by atoms with Gasteiger partial charge in [-0.05, 0) is 41.8 Å². The fraction of sp³-hybridized carbons (Fsp3) is 0.300. The molecular weight excluding hydrogens is 332 g/mol. The summed E-state index contributed by atoms with van der Waals surface area (Å²) in [5.74, 6) is 1.41. The van der Waals surface area contributed by atoms with E-state index in [1.54, 1.807) is 26.4 Å². The van der Waals surface area contributed by atoms with Crippen LogP contribution in [0.3, 0.4) is 0 Å². The molecule has 0 fully saturated rings. The molecule has 2 aromatic rings. The molecule has 0 bridgehead atoms. The minimum Gasteiger partial charge on any atom is -0.493 e. The first-order valence-electron chi connectivity index (χ1n) is 8.30. The van der Waals surface area contributed by atoms with Crippen molar-refractivity contribution in [2.45, 2.75) is 19.8 Å². The molecule has 0 spiro atoms. The van der Waals surface area contributed by atoms with Crippen molar-refractivity contribution < 1.29 is 19.1 Å². The summed E-state index contributed by atoms with van der Waals surface area (Å²) in [5, 5.41) is 6.57. The molecule has 0 aromatic heterocycles. The number of benzene rings is 2. The number of carbonyl (C=O) groups is 1. The first-order valence-corrected chi connectivity index (χ1v) is 8.30. The van der Waals surface area contributed by atoms with Crippen molar-refractivity contribution in [3.63, 3.8) is 0 Å². The average Bonchev–Trinajstić information content (AvgIpc) is 2.65. The topological polar surface area (TPSA) is 69.2 Å². The number of nitrogens with zero attached hydrogens (tertiary/aromatic N) is 1. The second-order valence-electron chi connectivity index (χ2n) is 5.95. The van der Waals surface area contributed by atoms with Crippen LogP contribution >= 0.6 is 0 Å². The van der Waals surface area contributed by atoms with Crippen LogP contribution in [0.2, 0.25) is 0 Å². The van der Waals surface area contributed by atoms with E-state index in [1.165, 1.54) is 11.8 Å². The van der Waals surface area contributed by atoms with Crippen LogP contribution in [0.1, 0.15) is 30.9 Å². The molecule has 0 unspecified atom stereocenters. The van der Waals surface area contributed by atoms with E-state index in [-0.39, 0.29) is 12.5 Å². The minimum absolute atomic E-state index is 0.171. The van der Waals surface area contributed by atoms with Crippen molar-refractivity contribution >= 4 is 17.8 Å². The van der Waals surface area contributed by atoms with Crippen molar-refractivity contribution in [3.8, 4) is 11.5 Å². The zero-order valence-electron chi connectivity index (χ0n) is 15.5. The summed E-state index contributed by atoms with van der Waals surface area (Å²) >= 11 is 0. The summed E-state index contributed by atoms with van der Waals surface area (Å²) in [5.41, 5.74) is 2.72. The van der Waals surface area contributed by atoms with Gasteiger partial charge in [-0.1, -0.05) is 31.1 Å². The van der Waals surface area contributed by atoms with Crippen molar-refractivity contribution in [3.05, 3.63) is 53.6 Å². The first kappa shape index (κ1) is 19.3. The molecule has 2 rings (SSSR count). The highest BCUT2D eigenvalue weighted by molar-refractivity contribution is 5.91. The number of ether oxygens (including phenoxy) is 2. The number of nitrogens with one attached hydrogen (secondary N) is 1. The van der Waals surface area contributed by atoms with Crippen LogP contribution in [0.4, 0.5) is 5.69 Å². The maximum Gasteiger partial charge on any atom is 0.265 e. The first-order chi connectivity index (χ1) is 12.5. The van der Waals surface area contributed by atoms with Gasteiger partial charge >= 0.3 is 0 Å². The SMILES string of the molecule is COc1ccc(/C=N\OCC(=O)Nc2ccc(C(C)C)cc2)cc1OC. The smallest absolute Gasteiger partial charge is 0.265 e. The third-order valence-electron chi connectivity index (χ3n) is 3.74. The third kappa shape index (κ3) is 5.51. The Morgan fingerprint density at radius 1 is 1.08 bits per heavy atom. The molecule has 1 N–H and O–H groups in total. The van der Waals surface area contributed by atoms with E-state index in [2.05, 4.69) is 24.3 Å². The standard InChI is InChI=1S/C20H24N2O4/c1-14(2)16-6-8-17(9-7-16)22-20(23)13-26-21-12-15-5-10-18(24-3)19(11-15)25-4/h5-12,14H,13H2,1-4H3,(H,22,23)/b21-12-. The third-order valence-corrected chi connectivity index (χ3v) is 3.74. The Hall–Kier alpha value is -3.02. The minimum atomic E-state index is -0.272.